The van der Waals surface area contributed by atoms with Gasteiger partial charge in [-0.1, -0.05) is 54.7 Å². The summed E-state index contributed by atoms with van der Waals surface area (Å²) in [6, 6.07) is 15.4. The van der Waals surface area contributed by atoms with Crippen LogP contribution in [0.2, 0.25) is 0 Å². The number of allylic oxidation sites excluding steroid dienone is 1. The maximum absolute atomic E-state index is 13.2. The molecule has 1 aliphatic heterocycles. The van der Waals surface area contributed by atoms with Crippen molar-refractivity contribution in [1.82, 2.24) is 10.3 Å². The minimum Gasteiger partial charge on any atom is -0.463 e. The van der Waals surface area contributed by atoms with Crippen LogP contribution in [0.25, 0.3) is 5.70 Å². The van der Waals surface area contributed by atoms with Gasteiger partial charge in [-0.25, -0.2) is 4.79 Å². The molecule has 0 spiro atoms. The number of nitriles is 1. The van der Waals surface area contributed by atoms with E-state index in [1.54, 1.807) is 31.5 Å². The van der Waals surface area contributed by atoms with Gasteiger partial charge in [0.05, 0.1) is 23.9 Å². The van der Waals surface area contributed by atoms with Crippen molar-refractivity contribution in [2.75, 3.05) is 6.61 Å². The smallest absolute Gasteiger partial charge is 0.336 e. The van der Waals surface area contributed by atoms with E-state index in [1.165, 1.54) is 0 Å². The fraction of sp³-hybridized carbons (Fsp3) is 0.217. The number of benzene rings is 1. The first kappa shape index (κ1) is 20.4. The van der Waals surface area contributed by atoms with Crippen LogP contribution < -0.4 is 5.32 Å². The largest absolute Gasteiger partial charge is 0.463 e. The summed E-state index contributed by atoms with van der Waals surface area (Å²) in [5.41, 5.74) is 1.24. The zero-order valence-electron chi connectivity index (χ0n) is 16.1. The molecular weight excluding hydrogens is 382 g/mol. The standard InChI is InChI=1S/C23H21N3O2S/c1-3-12-23(15-24)19(17-11-8-13-25-14-17)18(21(27)28-4-2)20(26-22(23)29)16-9-6-5-7-10-16/h3,5-11,13-14,19H,1,4,12H2,2H3,(H,26,29)/t19-,23-/m1/s1. The van der Waals surface area contributed by atoms with E-state index >= 15 is 0 Å². The van der Waals surface area contributed by atoms with E-state index in [-0.39, 0.29) is 13.0 Å². The van der Waals surface area contributed by atoms with Gasteiger partial charge in [-0.05, 0) is 30.5 Å². The van der Waals surface area contributed by atoms with Gasteiger partial charge >= 0.3 is 5.97 Å². The predicted molar refractivity (Wildman–Crippen MR) is 116 cm³/mol. The molecule has 0 aliphatic carbocycles. The molecule has 146 valence electrons. The molecule has 0 saturated carbocycles. The second-order valence-corrected chi connectivity index (χ2v) is 7.03. The molecule has 0 fully saturated rings. The van der Waals surface area contributed by atoms with Crippen LogP contribution >= 0.6 is 12.2 Å². The first-order chi connectivity index (χ1) is 14.1. The Balaban J connectivity index is 2.37. The first-order valence-corrected chi connectivity index (χ1v) is 9.70. The summed E-state index contributed by atoms with van der Waals surface area (Å²) in [4.78, 5) is 17.7. The molecule has 0 radical (unpaired) electrons. The van der Waals surface area contributed by atoms with E-state index in [0.29, 0.717) is 16.3 Å². The lowest BCUT2D eigenvalue weighted by Crippen LogP contribution is -2.49. The van der Waals surface area contributed by atoms with Gasteiger partial charge in [-0.2, -0.15) is 5.26 Å². The fourth-order valence-electron chi connectivity index (χ4n) is 3.67. The zero-order valence-corrected chi connectivity index (χ0v) is 16.9. The number of nitrogens with one attached hydrogen (secondary N) is 1. The van der Waals surface area contributed by atoms with E-state index < -0.39 is 17.3 Å². The van der Waals surface area contributed by atoms with Crippen molar-refractivity contribution < 1.29 is 9.53 Å². The summed E-state index contributed by atoms with van der Waals surface area (Å²) in [5.74, 6) is -1.14. The van der Waals surface area contributed by atoms with Crippen molar-refractivity contribution in [2.24, 2.45) is 5.41 Å². The molecule has 2 atom stereocenters. The van der Waals surface area contributed by atoms with E-state index in [4.69, 9.17) is 17.0 Å². The minimum atomic E-state index is -1.18. The molecule has 0 amide bonds. The van der Waals surface area contributed by atoms with Crippen molar-refractivity contribution in [2.45, 2.75) is 19.3 Å². The highest BCUT2D eigenvalue weighted by Gasteiger charge is 2.51. The van der Waals surface area contributed by atoms with Crippen LogP contribution in [0.1, 0.15) is 30.4 Å². The van der Waals surface area contributed by atoms with Crippen LogP contribution in [-0.4, -0.2) is 22.5 Å². The van der Waals surface area contributed by atoms with Crippen LogP contribution in [-0.2, 0) is 9.53 Å². The molecule has 1 aromatic heterocycles. The molecule has 0 bridgehead atoms. The second-order valence-electron chi connectivity index (χ2n) is 6.62. The van der Waals surface area contributed by atoms with Gasteiger partial charge in [0.1, 0.15) is 10.4 Å². The Hall–Kier alpha value is -3.30. The van der Waals surface area contributed by atoms with E-state index in [9.17, 15) is 10.1 Å². The SMILES string of the molecule is C=CC[C@]1(C#N)C(=S)NC(c2ccccc2)=C(C(=O)OCC)[C@H]1c1cccnc1. The summed E-state index contributed by atoms with van der Waals surface area (Å²) < 4.78 is 5.40. The average Bonchev–Trinajstić information content (AvgIpc) is 2.76. The van der Waals surface area contributed by atoms with Crippen molar-refractivity contribution in [3.8, 4) is 6.07 Å². The maximum Gasteiger partial charge on any atom is 0.336 e. The van der Waals surface area contributed by atoms with Crippen LogP contribution in [0.4, 0.5) is 0 Å². The summed E-state index contributed by atoms with van der Waals surface area (Å²) >= 11 is 5.67. The zero-order chi connectivity index (χ0) is 20.9. The Morgan fingerprint density at radius 1 is 1.38 bits per heavy atom. The van der Waals surface area contributed by atoms with Gasteiger partial charge < -0.3 is 10.1 Å². The monoisotopic (exact) mass is 403 g/mol. The topological polar surface area (TPSA) is 75.0 Å². The number of carbonyl (C=O) groups is 1. The van der Waals surface area contributed by atoms with Crippen LogP contribution in [0.5, 0.6) is 0 Å². The van der Waals surface area contributed by atoms with Crippen molar-refractivity contribution >= 4 is 28.9 Å². The van der Waals surface area contributed by atoms with Gasteiger partial charge in [-0.15, -0.1) is 6.58 Å². The minimum absolute atomic E-state index is 0.218. The lowest BCUT2D eigenvalue weighted by atomic mass is 9.64. The number of pyridine rings is 1. The first-order valence-electron chi connectivity index (χ1n) is 9.29. The Kier molecular flexibility index (Phi) is 6.20. The highest BCUT2D eigenvalue weighted by atomic mass is 32.1. The number of hydrogen-bond acceptors (Lipinski definition) is 5. The van der Waals surface area contributed by atoms with Crippen molar-refractivity contribution in [1.29, 1.82) is 5.26 Å². The Labute approximate surface area is 175 Å². The Morgan fingerprint density at radius 3 is 2.72 bits per heavy atom. The number of rotatable bonds is 6. The van der Waals surface area contributed by atoms with E-state index in [1.807, 2.05) is 36.4 Å². The summed E-state index contributed by atoms with van der Waals surface area (Å²) in [6.07, 6.45) is 5.24. The van der Waals surface area contributed by atoms with E-state index in [0.717, 1.165) is 11.1 Å². The molecule has 0 unspecified atom stereocenters. The van der Waals surface area contributed by atoms with Crippen LogP contribution in [0, 0.1) is 16.7 Å². The normalized spacial score (nSPS) is 21.1. The predicted octanol–water partition coefficient (Wildman–Crippen LogP) is 4.16. The van der Waals surface area contributed by atoms with E-state index in [2.05, 4.69) is 22.9 Å². The second kappa shape index (κ2) is 8.80. The molecular formula is C23H21N3O2S. The number of nitrogens with zero attached hydrogens (tertiary/aromatic N) is 2. The number of hydrogen-bond donors (Lipinski definition) is 1. The number of carbonyl (C=O) groups excluding carboxylic acids is 1. The Morgan fingerprint density at radius 2 is 2.14 bits per heavy atom. The lowest BCUT2D eigenvalue weighted by Gasteiger charge is -2.41. The molecule has 5 nitrogen and oxygen atoms in total. The Bertz CT molecular complexity index is 996. The number of ether oxygens (including phenoxy) is 1. The number of esters is 1. The molecule has 29 heavy (non-hydrogen) atoms. The summed E-state index contributed by atoms with van der Waals surface area (Å²) in [5, 5.41) is 13.4. The molecule has 0 saturated heterocycles. The molecule has 6 heteroatoms. The highest BCUT2D eigenvalue weighted by molar-refractivity contribution is 7.80. The average molecular weight is 404 g/mol. The van der Waals surface area contributed by atoms with Crippen molar-refractivity contribution in [3.05, 3.63) is 84.2 Å². The summed E-state index contributed by atoms with van der Waals surface area (Å²) in [7, 11) is 0. The molecule has 3 rings (SSSR count). The van der Waals surface area contributed by atoms with Gasteiger partial charge in [0.15, 0.2) is 0 Å². The quantitative estimate of drug-likeness (QED) is 0.444. The molecule has 1 aliphatic rings. The third-order valence-corrected chi connectivity index (χ3v) is 5.40. The lowest BCUT2D eigenvalue weighted by molar-refractivity contribution is -0.139. The van der Waals surface area contributed by atoms with Crippen molar-refractivity contribution in [3.63, 3.8) is 0 Å². The van der Waals surface area contributed by atoms with Crippen LogP contribution in [0.3, 0.4) is 0 Å². The van der Waals surface area contributed by atoms with Gasteiger partial charge in [0.2, 0.25) is 0 Å². The van der Waals surface area contributed by atoms with Gasteiger partial charge in [0.25, 0.3) is 0 Å². The van der Waals surface area contributed by atoms with Crippen LogP contribution in [0.15, 0.2) is 73.1 Å². The van der Waals surface area contributed by atoms with Gasteiger partial charge in [-0.3, -0.25) is 4.98 Å². The number of aromatic nitrogens is 1. The summed E-state index contributed by atoms with van der Waals surface area (Å²) in [6.45, 7) is 5.78. The molecule has 1 aromatic carbocycles. The molecule has 2 aromatic rings. The maximum atomic E-state index is 13.2. The molecule has 1 N–H and O–H groups in total. The number of thiocarbonyl (C=S) groups is 1. The fourth-order valence-corrected chi connectivity index (χ4v) is 4.02. The highest BCUT2D eigenvalue weighted by Crippen LogP contribution is 2.49. The molecule has 2 heterocycles. The third-order valence-electron chi connectivity index (χ3n) is 4.94. The third kappa shape index (κ3) is 3.69. The van der Waals surface area contributed by atoms with Gasteiger partial charge in [0, 0.05) is 18.3 Å².